The minimum atomic E-state index is 0.258. The van der Waals surface area contributed by atoms with Gasteiger partial charge in [-0.05, 0) is 12.1 Å². The summed E-state index contributed by atoms with van der Waals surface area (Å²) in [7, 11) is 1.61. The van der Waals surface area contributed by atoms with E-state index in [0.717, 1.165) is 5.75 Å². The molecular formula is C11H12N2O3. The molecule has 0 aliphatic rings. The van der Waals surface area contributed by atoms with Crippen LogP contribution in [-0.2, 0) is 6.61 Å². The highest BCUT2D eigenvalue weighted by Gasteiger charge is 2.03. The first-order chi connectivity index (χ1) is 7.78. The lowest BCUT2D eigenvalue weighted by Gasteiger charge is -2.04. The Morgan fingerprint density at radius 3 is 2.75 bits per heavy atom. The molecule has 0 unspecified atom stereocenters. The van der Waals surface area contributed by atoms with E-state index in [1.807, 2.05) is 18.2 Å². The number of hydrogen-bond donors (Lipinski definition) is 0. The predicted octanol–water partition coefficient (Wildman–Crippen LogP) is 1.97. The van der Waals surface area contributed by atoms with Crippen molar-refractivity contribution in [2.75, 3.05) is 7.11 Å². The van der Waals surface area contributed by atoms with Crippen LogP contribution in [0.1, 0.15) is 11.8 Å². The number of nitrogens with zero attached hydrogens (tertiary/aromatic N) is 2. The minimum Gasteiger partial charge on any atom is -0.497 e. The lowest BCUT2D eigenvalue weighted by molar-refractivity contribution is 0.259. The van der Waals surface area contributed by atoms with Gasteiger partial charge in [-0.15, -0.1) is 10.2 Å². The van der Waals surface area contributed by atoms with Gasteiger partial charge in [0.25, 0.3) is 5.89 Å². The van der Waals surface area contributed by atoms with Crippen molar-refractivity contribution in [1.82, 2.24) is 10.2 Å². The molecule has 0 aliphatic carbocycles. The van der Waals surface area contributed by atoms with E-state index >= 15 is 0 Å². The van der Waals surface area contributed by atoms with Crippen molar-refractivity contribution in [2.45, 2.75) is 13.5 Å². The number of hydrogen-bond acceptors (Lipinski definition) is 5. The second-order valence-corrected chi connectivity index (χ2v) is 3.18. The Kier molecular flexibility index (Phi) is 3.05. The van der Waals surface area contributed by atoms with Crippen LogP contribution in [0.15, 0.2) is 28.7 Å². The van der Waals surface area contributed by atoms with Gasteiger partial charge in [0, 0.05) is 13.0 Å². The van der Waals surface area contributed by atoms with Gasteiger partial charge in [-0.25, -0.2) is 0 Å². The van der Waals surface area contributed by atoms with Crippen molar-refractivity contribution in [1.29, 1.82) is 0 Å². The predicted molar refractivity (Wildman–Crippen MR) is 56.4 cm³/mol. The highest BCUT2D eigenvalue weighted by molar-refractivity contribution is 5.32. The topological polar surface area (TPSA) is 57.4 Å². The molecule has 0 atom stereocenters. The zero-order valence-electron chi connectivity index (χ0n) is 9.14. The highest BCUT2D eigenvalue weighted by atomic mass is 16.5. The molecule has 0 bridgehead atoms. The molecule has 0 spiro atoms. The van der Waals surface area contributed by atoms with Crippen LogP contribution >= 0.6 is 0 Å². The molecule has 0 aliphatic heterocycles. The van der Waals surface area contributed by atoms with E-state index in [1.165, 1.54) is 0 Å². The van der Waals surface area contributed by atoms with Crippen LogP contribution < -0.4 is 9.47 Å². The first-order valence-corrected chi connectivity index (χ1v) is 4.84. The number of aryl methyl sites for hydroxylation is 1. The lowest BCUT2D eigenvalue weighted by Crippen LogP contribution is -1.96. The Balaban J connectivity index is 1.99. The van der Waals surface area contributed by atoms with Crippen molar-refractivity contribution >= 4 is 0 Å². The largest absolute Gasteiger partial charge is 0.497 e. The summed E-state index contributed by atoms with van der Waals surface area (Å²) in [6.07, 6.45) is 0. The average molecular weight is 220 g/mol. The fourth-order valence-corrected chi connectivity index (χ4v) is 1.23. The van der Waals surface area contributed by atoms with Gasteiger partial charge in [0.05, 0.1) is 7.11 Å². The molecule has 0 saturated carbocycles. The zero-order valence-corrected chi connectivity index (χ0v) is 9.14. The smallest absolute Gasteiger partial charge is 0.253 e. The number of ether oxygens (including phenoxy) is 2. The van der Waals surface area contributed by atoms with Crippen LogP contribution in [-0.4, -0.2) is 17.3 Å². The maximum absolute atomic E-state index is 5.47. The molecule has 5 heteroatoms. The van der Waals surface area contributed by atoms with Gasteiger partial charge in [0.1, 0.15) is 11.5 Å². The Morgan fingerprint density at radius 2 is 2.06 bits per heavy atom. The van der Waals surface area contributed by atoms with Crippen LogP contribution in [0.3, 0.4) is 0 Å². The van der Waals surface area contributed by atoms with Crippen molar-refractivity contribution in [3.63, 3.8) is 0 Å². The second-order valence-electron chi connectivity index (χ2n) is 3.18. The molecule has 2 aromatic rings. The van der Waals surface area contributed by atoms with Gasteiger partial charge in [0.2, 0.25) is 5.89 Å². The monoisotopic (exact) mass is 220 g/mol. The molecule has 0 radical (unpaired) electrons. The molecule has 1 aromatic heterocycles. The molecule has 1 aromatic carbocycles. The summed E-state index contributed by atoms with van der Waals surface area (Å²) in [5, 5.41) is 7.54. The Morgan fingerprint density at radius 1 is 1.25 bits per heavy atom. The normalized spacial score (nSPS) is 10.1. The standard InChI is InChI=1S/C11H12N2O3/c1-8-12-13-11(16-8)7-15-10-5-3-4-9(6-10)14-2/h3-6H,7H2,1-2H3. The molecule has 2 rings (SSSR count). The molecule has 1 heterocycles. The van der Waals surface area contributed by atoms with Gasteiger partial charge < -0.3 is 13.9 Å². The zero-order chi connectivity index (χ0) is 11.4. The Labute approximate surface area is 93.0 Å². The van der Waals surface area contributed by atoms with Gasteiger partial charge in [-0.1, -0.05) is 6.07 Å². The number of rotatable bonds is 4. The molecule has 84 valence electrons. The fourth-order valence-electron chi connectivity index (χ4n) is 1.23. The molecular weight excluding hydrogens is 208 g/mol. The SMILES string of the molecule is COc1cccc(OCc2nnc(C)o2)c1. The van der Waals surface area contributed by atoms with E-state index in [9.17, 15) is 0 Å². The maximum atomic E-state index is 5.47. The molecule has 0 amide bonds. The first kappa shape index (κ1) is 10.5. The van der Waals surface area contributed by atoms with E-state index in [2.05, 4.69) is 10.2 Å². The van der Waals surface area contributed by atoms with Crippen LogP contribution in [0.25, 0.3) is 0 Å². The van der Waals surface area contributed by atoms with Crippen LogP contribution in [0, 0.1) is 6.92 Å². The Hall–Kier alpha value is -2.04. The molecule has 0 saturated heterocycles. The van der Waals surface area contributed by atoms with E-state index in [-0.39, 0.29) is 6.61 Å². The van der Waals surface area contributed by atoms with E-state index in [1.54, 1.807) is 20.1 Å². The molecule has 16 heavy (non-hydrogen) atoms. The van der Waals surface area contributed by atoms with Gasteiger partial charge >= 0.3 is 0 Å². The van der Waals surface area contributed by atoms with Crippen LogP contribution in [0.5, 0.6) is 11.5 Å². The summed E-state index contributed by atoms with van der Waals surface area (Å²) in [5.74, 6) is 2.44. The van der Waals surface area contributed by atoms with Gasteiger partial charge in [-0.3, -0.25) is 0 Å². The quantitative estimate of drug-likeness (QED) is 0.788. The van der Waals surface area contributed by atoms with Gasteiger partial charge in [0.15, 0.2) is 6.61 Å². The second kappa shape index (κ2) is 4.65. The third-order valence-electron chi connectivity index (χ3n) is 1.97. The number of benzene rings is 1. The third-order valence-corrected chi connectivity index (χ3v) is 1.97. The van der Waals surface area contributed by atoms with Crippen molar-refractivity contribution in [2.24, 2.45) is 0 Å². The molecule has 0 fully saturated rings. The van der Waals surface area contributed by atoms with Crippen LogP contribution in [0.2, 0.25) is 0 Å². The highest BCUT2D eigenvalue weighted by Crippen LogP contribution is 2.19. The minimum absolute atomic E-state index is 0.258. The van der Waals surface area contributed by atoms with E-state index < -0.39 is 0 Å². The maximum Gasteiger partial charge on any atom is 0.253 e. The van der Waals surface area contributed by atoms with E-state index in [0.29, 0.717) is 17.5 Å². The molecule has 5 nitrogen and oxygen atoms in total. The summed E-state index contributed by atoms with van der Waals surface area (Å²) in [6.45, 7) is 2.00. The fraction of sp³-hybridized carbons (Fsp3) is 0.273. The average Bonchev–Trinajstić information content (AvgIpc) is 2.73. The summed E-state index contributed by atoms with van der Waals surface area (Å²) < 4.78 is 15.7. The van der Waals surface area contributed by atoms with Gasteiger partial charge in [-0.2, -0.15) is 0 Å². The third kappa shape index (κ3) is 2.50. The first-order valence-electron chi connectivity index (χ1n) is 4.84. The van der Waals surface area contributed by atoms with Crippen molar-refractivity contribution in [3.8, 4) is 11.5 Å². The summed E-state index contributed by atoms with van der Waals surface area (Å²) in [6, 6.07) is 7.34. The van der Waals surface area contributed by atoms with E-state index in [4.69, 9.17) is 13.9 Å². The Bertz CT molecular complexity index is 468. The summed E-state index contributed by atoms with van der Waals surface area (Å²) in [4.78, 5) is 0. The van der Waals surface area contributed by atoms with Crippen molar-refractivity contribution < 1.29 is 13.9 Å². The van der Waals surface area contributed by atoms with Crippen molar-refractivity contribution in [3.05, 3.63) is 36.0 Å². The van der Waals surface area contributed by atoms with Crippen LogP contribution in [0.4, 0.5) is 0 Å². The summed E-state index contributed by atoms with van der Waals surface area (Å²) in [5.41, 5.74) is 0. The lowest BCUT2D eigenvalue weighted by atomic mass is 10.3. The summed E-state index contributed by atoms with van der Waals surface area (Å²) >= 11 is 0. The number of methoxy groups -OCH3 is 1. The number of aromatic nitrogens is 2. The molecule has 0 N–H and O–H groups in total.